The van der Waals surface area contributed by atoms with Crippen molar-refractivity contribution < 1.29 is 4.74 Å². The molecule has 1 atom stereocenters. The molecular formula is C15H17ClN2O. The van der Waals surface area contributed by atoms with Crippen molar-refractivity contribution >= 4 is 11.6 Å². The van der Waals surface area contributed by atoms with Gasteiger partial charge in [-0.15, -0.1) is 0 Å². The van der Waals surface area contributed by atoms with E-state index < -0.39 is 0 Å². The zero-order valence-corrected chi connectivity index (χ0v) is 11.8. The van der Waals surface area contributed by atoms with Crippen molar-refractivity contribution in [2.75, 3.05) is 7.11 Å². The van der Waals surface area contributed by atoms with Crippen LogP contribution in [-0.4, -0.2) is 12.1 Å². The van der Waals surface area contributed by atoms with E-state index in [2.05, 4.69) is 17.2 Å². The topological polar surface area (TPSA) is 34.1 Å². The highest BCUT2D eigenvalue weighted by Crippen LogP contribution is 2.25. The van der Waals surface area contributed by atoms with Crippen molar-refractivity contribution in [2.24, 2.45) is 0 Å². The average Bonchev–Trinajstić information content (AvgIpc) is 2.46. The first kappa shape index (κ1) is 13.8. The number of hydrogen-bond acceptors (Lipinski definition) is 3. The van der Waals surface area contributed by atoms with Gasteiger partial charge in [0.25, 0.3) is 0 Å². The highest BCUT2D eigenvalue weighted by molar-refractivity contribution is 6.32. The minimum absolute atomic E-state index is 0.196. The number of aromatic nitrogens is 1. The number of benzene rings is 1. The summed E-state index contributed by atoms with van der Waals surface area (Å²) in [5.41, 5.74) is 2.15. The van der Waals surface area contributed by atoms with Crippen molar-refractivity contribution in [1.29, 1.82) is 0 Å². The van der Waals surface area contributed by atoms with Crippen LogP contribution in [0.3, 0.4) is 0 Å². The summed E-state index contributed by atoms with van der Waals surface area (Å²) in [4.78, 5) is 4.33. The van der Waals surface area contributed by atoms with Crippen LogP contribution in [0.25, 0.3) is 0 Å². The van der Waals surface area contributed by atoms with Gasteiger partial charge in [-0.25, -0.2) is 0 Å². The first-order chi connectivity index (χ1) is 9.20. The second-order valence-electron chi connectivity index (χ2n) is 4.33. The number of methoxy groups -OCH3 is 1. The third-order valence-corrected chi connectivity index (χ3v) is 3.26. The summed E-state index contributed by atoms with van der Waals surface area (Å²) >= 11 is 6.10. The van der Waals surface area contributed by atoms with E-state index in [9.17, 15) is 0 Å². The monoisotopic (exact) mass is 276 g/mol. The van der Waals surface area contributed by atoms with Crippen LogP contribution in [0.15, 0.2) is 42.6 Å². The van der Waals surface area contributed by atoms with Gasteiger partial charge in [-0.2, -0.15) is 0 Å². The smallest absolute Gasteiger partial charge is 0.137 e. The largest absolute Gasteiger partial charge is 0.495 e. The molecule has 0 unspecified atom stereocenters. The minimum Gasteiger partial charge on any atom is -0.495 e. The molecule has 2 aromatic rings. The average molecular weight is 277 g/mol. The molecule has 1 aromatic heterocycles. The Bertz CT molecular complexity index is 531. The van der Waals surface area contributed by atoms with Crippen LogP contribution in [0.5, 0.6) is 5.75 Å². The number of nitrogens with zero attached hydrogens (tertiary/aromatic N) is 1. The van der Waals surface area contributed by atoms with Gasteiger partial charge in [0, 0.05) is 18.8 Å². The SMILES string of the molecule is COc1ccc(CN[C@H](C)c2ccccn2)cc1Cl. The van der Waals surface area contributed by atoms with Crippen molar-refractivity contribution in [2.45, 2.75) is 19.5 Å². The van der Waals surface area contributed by atoms with Crippen molar-refractivity contribution in [3.05, 3.63) is 58.9 Å². The minimum atomic E-state index is 0.196. The summed E-state index contributed by atoms with van der Waals surface area (Å²) in [6, 6.07) is 11.9. The van der Waals surface area contributed by atoms with E-state index in [1.54, 1.807) is 13.3 Å². The maximum atomic E-state index is 6.10. The van der Waals surface area contributed by atoms with Crippen molar-refractivity contribution in [1.82, 2.24) is 10.3 Å². The maximum Gasteiger partial charge on any atom is 0.137 e. The van der Waals surface area contributed by atoms with Crippen LogP contribution in [0, 0.1) is 0 Å². The zero-order valence-electron chi connectivity index (χ0n) is 11.1. The molecular weight excluding hydrogens is 260 g/mol. The molecule has 0 saturated carbocycles. The molecule has 1 N–H and O–H groups in total. The lowest BCUT2D eigenvalue weighted by molar-refractivity contribution is 0.414. The van der Waals surface area contributed by atoms with Crippen LogP contribution in [0.1, 0.15) is 24.2 Å². The van der Waals surface area contributed by atoms with Crippen LogP contribution < -0.4 is 10.1 Å². The Morgan fingerprint density at radius 2 is 2.16 bits per heavy atom. The molecule has 0 aliphatic rings. The lowest BCUT2D eigenvalue weighted by Crippen LogP contribution is -2.18. The van der Waals surface area contributed by atoms with Crippen LogP contribution in [-0.2, 0) is 6.54 Å². The van der Waals surface area contributed by atoms with Crippen LogP contribution in [0.2, 0.25) is 5.02 Å². The molecule has 0 aliphatic carbocycles. The Labute approximate surface area is 118 Å². The first-order valence-electron chi connectivity index (χ1n) is 6.17. The normalized spacial score (nSPS) is 12.2. The van der Waals surface area contributed by atoms with E-state index in [0.29, 0.717) is 10.8 Å². The zero-order chi connectivity index (χ0) is 13.7. The summed E-state index contributed by atoms with van der Waals surface area (Å²) in [7, 11) is 1.61. The maximum absolute atomic E-state index is 6.10. The summed E-state index contributed by atoms with van der Waals surface area (Å²) in [5, 5.41) is 4.05. The predicted octanol–water partition coefficient (Wildman–Crippen LogP) is 3.59. The summed E-state index contributed by atoms with van der Waals surface area (Å²) < 4.78 is 5.13. The lowest BCUT2D eigenvalue weighted by Gasteiger charge is -2.13. The molecule has 0 spiro atoms. The van der Waals surface area contributed by atoms with Gasteiger partial charge < -0.3 is 10.1 Å². The standard InChI is InChI=1S/C15H17ClN2O/c1-11(14-5-3-4-8-17-14)18-10-12-6-7-15(19-2)13(16)9-12/h3-9,11,18H,10H2,1-2H3/t11-/m1/s1. The molecule has 19 heavy (non-hydrogen) atoms. The van der Waals surface area contributed by atoms with Gasteiger partial charge in [0.1, 0.15) is 5.75 Å². The molecule has 0 fully saturated rings. The van der Waals surface area contributed by atoms with Crippen LogP contribution in [0.4, 0.5) is 0 Å². The van der Waals surface area contributed by atoms with Gasteiger partial charge >= 0.3 is 0 Å². The lowest BCUT2D eigenvalue weighted by atomic mass is 10.1. The predicted molar refractivity (Wildman–Crippen MR) is 77.5 cm³/mol. The highest BCUT2D eigenvalue weighted by atomic mass is 35.5. The van der Waals surface area contributed by atoms with Gasteiger partial charge in [-0.3, -0.25) is 4.98 Å². The van der Waals surface area contributed by atoms with E-state index in [4.69, 9.17) is 16.3 Å². The van der Waals surface area contributed by atoms with E-state index in [0.717, 1.165) is 17.8 Å². The third-order valence-electron chi connectivity index (χ3n) is 2.96. The molecule has 2 rings (SSSR count). The molecule has 3 nitrogen and oxygen atoms in total. The number of halogens is 1. The number of ether oxygens (including phenoxy) is 1. The van der Waals surface area contributed by atoms with E-state index in [1.807, 2.05) is 36.4 Å². The van der Waals surface area contributed by atoms with Gasteiger partial charge in [-0.1, -0.05) is 23.7 Å². The first-order valence-corrected chi connectivity index (χ1v) is 6.55. The highest BCUT2D eigenvalue weighted by Gasteiger charge is 2.06. The fourth-order valence-electron chi connectivity index (χ4n) is 1.83. The van der Waals surface area contributed by atoms with E-state index in [-0.39, 0.29) is 6.04 Å². The molecule has 1 aromatic carbocycles. The number of nitrogens with one attached hydrogen (secondary N) is 1. The second kappa shape index (κ2) is 6.55. The van der Waals surface area contributed by atoms with E-state index in [1.165, 1.54) is 0 Å². The van der Waals surface area contributed by atoms with E-state index >= 15 is 0 Å². The van der Waals surface area contributed by atoms with Gasteiger partial charge in [0.15, 0.2) is 0 Å². The Kier molecular flexibility index (Phi) is 4.77. The molecule has 0 bridgehead atoms. The molecule has 100 valence electrons. The Balaban J connectivity index is 1.97. The number of pyridine rings is 1. The fraction of sp³-hybridized carbons (Fsp3) is 0.267. The Hall–Kier alpha value is -1.58. The summed E-state index contributed by atoms with van der Waals surface area (Å²) in [5.74, 6) is 0.697. The molecule has 0 radical (unpaired) electrons. The quantitative estimate of drug-likeness (QED) is 0.906. The Morgan fingerprint density at radius 1 is 1.32 bits per heavy atom. The number of hydrogen-bond donors (Lipinski definition) is 1. The Morgan fingerprint density at radius 3 is 2.79 bits per heavy atom. The number of rotatable bonds is 5. The van der Waals surface area contributed by atoms with Gasteiger partial charge in [-0.05, 0) is 36.8 Å². The van der Waals surface area contributed by atoms with Crippen molar-refractivity contribution in [3.8, 4) is 5.75 Å². The summed E-state index contributed by atoms with van der Waals surface area (Å²) in [6.07, 6.45) is 1.80. The molecule has 4 heteroatoms. The fourth-order valence-corrected chi connectivity index (χ4v) is 2.11. The van der Waals surface area contributed by atoms with Gasteiger partial charge in [0.05, 0.1) is 17.8 Å². The third kappa shape index (κ3) is 3.69. The van der Waals surface area contributed by atoms with Gasteiger partial charge in [0.2, 0.25) is 0 Å². The van der Waals surface area contributed by atoms with Crippen LogP contribution >= 0.6 is 11.6 Å². The van der Waals surface area contributed by atoms with Crippen molar-refractivity contribution in [3.63, 3.8) is 0 Å². The second-order valence-corrected chi connectivity index (χ2v) is 4.73. The molecule has 0 aliphatic heterocycles. The molecule has 0 saturated heterocycles. The molecule has 0 amide bonds. The summed E-state index contributed by atoms with van der Waals surface area (Å²) in [6.45, 7) is 2.83. The molecule has 1 heterocycles.